The van der Waals surface area contributed by atoms with E-state index in [1.54, 1.807) is 6.08 Å². The number of amides is 3. The van der Waals surface area contributed by atoms with Gasteiger partial charge in [0.15, 0.2) is 25.2 Å². The Kier molecular flexibility index (Phi) is 48.3. The molecule has 0 aromatic carbocycles. The van der Waals surface area contributed by atoms with E-state index in [9.17, 15) is 136 Å². The molecule has 42 nitrogen and oxygen atoms in total. The van der Waals surface area contributed by atoms with Crippen molar-refractivity contribution in [1.29, 1.82) is 0 Å². The van der Waals surface area contributed by atoms with Crippen LogP contribution in [-0.4, -0.2) is 396 Å². The van der Waals surface area contributed by atoms with Gasteiger partial charge in [0.1, 0.15) is 140 Å². The van der Waals surface area contributed by atoms with Gasteiger partial charge in [-0.15, -0.1) is 0 Å². The molecule has 6 saturated heterocycles. The molecule has 25 N–H and O–H groups in total. The predicted octanol–water partition coefficient (Wildman–Crippen LogP) is -4.01. The van der Waals surface area contributed by atoms with Gasteiger partial charge in [-0.25, -0.2) is 9.59 Å². The normalized spacial score (nSPS) is 35.7. The average Bonchev–Trinajstić information content (AvgIpc) is 0.751. The number of aliphatic hydroxyl groups excluding tert-OH is 20. The number of aliphatic carboxylic acids is 2. The monoisotopic (exact) mass is 1800 g/mol. The minimum absolute atomic E-state index is 0.0992. The van der Waals surface area contributed by atoms with Gasteiger partial charge in [0.2, 0.25) is 17.7 Å². The van der Waals surface area contributed by atoms with Crippen LogP contribution in [-0.2, 0) is 80.8 Å². The third-order valence-corrected chi connectivity index (χ3v) is 23.7. The zero-order valence-electron chi connectivity index (χ0n) is 71.6. The van der Waals surface area contributed by atoms with Crippen LogP contribution >= 0.6 is 0 Å². The van der Waals surface area contributed by atoms with Crippen molar-refractivity contribution in [2.24, 2.45) is 0 Å². The van der Waals surface area contributed by atoms with Gasteiger partial charge in [-0.2, -0.15) is 0 Å². The molecule has 0 bridgehead atoms. The van der Waals surface area contributed by atoms with E-state index in [4.69, 9.17) is 56.8 Å². The highest BCUT2D eigenvalue weighted by Gasteiger charge is 2.64. The third-order valence-electron chi connectivity index (χ3n) is 23.7. The third kappa shape index (κ3) is 31.2. The van der Waals surface area contributed by atoms with E-state index >= 15 is 0 Å². The number of carbonyl (C=O) groups is 5. The molecule has 6 fully saturated rings. The summed E-state index contributed by atoms with van der Waals surface area (Å²) in [5.41, 5.74) is 0. The van der Waals surface area contributed by atoms with Crippen molar-refractivity contribution >= 4 is 29.7 Å². The highest BCUT2D eigenvalue weighted by molar-refractivity contribution is 5.77. The second-order valence-electron chi connectivity index (χ2n) is 33.5. The molecule has 6 rings (SSSR count). The minimum Gasteiger partial charge on any atom is -0.477 e. The minimum atomic E-state index is -3.50. The molecule has 34 atom stereocenters. The first-order chi connectivity index (χ1) is 59.2. The summed E-state index contributed by atoms with van der Waals surface area (Å²) >= 11 is 0. The molecule has 12 unspecified atom stereocenters. The molecule has 3 amide bonds. The number of unbranched alkanes of at least 4 members (excludes halogenated alkanes) is 25. The zero-order chi connectivity index (χ0) is 91.5. The maximum absolute atomic E-state index is 13.8. The molecule has 0 aromatic heterocycles. The number of allylic oxidation sites excluding steroid dienone is 1. The number of hydrogen-bond donors (Lipinski definition) is 25. The van der Waals surface area contributed by atoms with E-state index < -0.39 is 296 Å². The Morgan fingerprint density at radius 2 is 0.815 bits per heavy atom. The predicted molar refractivity (Wildman–Crippen MR) is 428 cm³/mol. The molecule has 6 heterocycles. The highest BCUT2D eigenvalue weighted by atomic mass is 16.8. The molecule has 0 saturated carbocycles. The number of carboxylic acids is 2. The van der Waals surface area contributed by atoms with E-state index in [1.807, 2.05) is 0 Å². The lowest BCUT2D eigenvalue weighted by Crippen LogP contribution is -2.72. The standard InChI is InChI=1S/C82H145N3O39/c1-5-7-9-11-13-15-17-19-20-22-24-26-28-30-32-34-56(99)85-46(47(94)33-31-29-27-25-23-21-18-16-14-12-10-8-6-2)43-113-76-65(106)64(105)68(54(41-90)116-76)118-78-67(108)74(124-82(80(111)112)36-49(96)59(100)72(122-82)61(102)51(98)38-87)69(55(42-91)117-78)119-75-58(84-45(4)93)70(62(103)52(39-88)114-75)120-77-66(107)73(63(104)53(40-89)115-77)123-81(79(109)110)35-48(95)57(83-44(3)92)71(121-81)60(101)50(97)37-86/h31,33,46-55,57-78,86-91,94-98,100-108H,5-30,32,34-43H2,1-4H3,(H,83,92)(H,84,93)(H,85,99)(H,109,110)(H,111,112)/b33-31+/t46-,47+,48?,49?,50+,51+,52?,53?,54?,55?,57+,58?,59+,60+,61+,62-,63-,64+,65?,66?,67?,68+,69-,70+,71?,72?,73-,74+,75-,76+,77-,78-,81-,82-/m0/s1. The summed E-state index contributed by atoms with van der Waals surface area (Å²) in [6.07, 6.45) is -34.5. The van der Waals surface area contributed by atoms with Crippen LogP contribution < -0.4 is 16.0 Å². The topological polar surface area (TPSA) is 677 Å². The Balaban J connectivity index is 1.27. The maximum atomic E-state index is 13.8. The molecule has 0 spiro atoms. The summed E-state index contributed by atoms with van der Waals surface area (Å²) in [7, 11) is 0. The fourth-order valence-corrected chi connectivity index (χ4v) is 16.5. The SMILES string of the molecule is CCCCCCCCCCCCC/C=C/[C@@H](O)[C@H](CO[C@@H]1OC(CO)[C@@H](O[C@@H]2OC(CO)[C@H](O[C@@H]3OC(CO)[C@H](O)[C@H](O[C@@H]4OC(CO)[C@H](O)[C@H](O[C@]5(C(=O)O)CC(O)[C@@H](NC(C)=O)C([C@H](O)[C@H](O)CO)O5)C4O)C3NC(C)=O)[C@H](O[C@]3(C(=O)O)CC(O)[C@@H](O)C([C@H](O)[C@H](O)CO)O3)C2O)[C@H](O)C1O)NC(=O)CCCCCCCCCCCCCCCCC. The first kappa shape index (κ1) is 109. The smallest absolute Gasteiger partial charge is 0.364 e. The Bertz CT molecular complexity index is 3070. The number of carboxylic acid groups (broad SMARTS) is 2. The van der Waals surface area contributed by atoms with Crippen molar-refractivity contribution < 1.29 is 193 Å². The summed E-state index contributed by atoms with van der Waals surface area (Å²) in [6, 6.07) is -5.07. The highest BCUT2D eigenvalue weighted by Crippen LogP contribution is 2.43. The Hall–Kier alpha value is -4.19. The molecular weight excluding hydrogens is 1650 g/mol. The number of nitrogens with one attached hydrogen (secondary N) is 3. The van der Waals surface area contributed by atoms with Gasteiger partial charge in [-0.05, 0) is 19.3 Å². The molecule has 722 valence electrons. The lowest BCUT2D eigenvalue weighted by molar-refractivity contribution is -0.407. The van der Waals surface area contributed by atoms with Crippen LogP contribution in [0.3, 0.4) is 0 Å². The number of aliphatic hydroxyl groups is 20. The Morgan fingerprint density at radius 3 is 1.30 bits per heavy atom. The quantitative estimate of drug-likeness (QED) is 0.0204. The fourth-order valence-electron chi connectivity index (χ4n) is 16.5. The first-order valence-corrected chi connectivity index (χ1v) is 44.2. The van der Waals surface area contributed by atoms with Crippen molar-refractivity contribution in [3.63, 3.8) is 0 Å². The van der Waals surface area contributed by atoms with Crippen molar-refractivity contribution in [1.82, 2.24) is 16.0 Å². The van der Waals surface area contributed by atoms with E-state index in [2.05, 4.69) is 29.8 Å². The van der Waals surface area contributed by atoms with Crippen molar-refractivity contribution in [2.45, 2.75) is 428 Å². The van der Waals surface area contributed by atoms with E-state index in [-0.39, 0.29) is 6.42 Å². The second kappa shape index (κ2) is 55.2. The van der Waals surface area contributed by atoms with Gasteiger partial charge in [0.05, 0.1) is 76.6 Å². The van der Waals surface area contributed by atoms with Crippen LogP contribution in [0.25, 0.3) is 0 Å². The van der Waals surface area contributed by atoms with Crippen molar-refractivity contribution in [2.75, 3.05) is 46.2 Å². The lowest BCUT2D eigenvalue weighted by Gasteiger charge is -2.52. The van der Waals surface area contributed by atoms with Crippen LogP contribution in [0.15, 0.2) is 12.2 Å². The van der Waals surface area contributed by atoms with Crippen LogP contribution in [0.5, 0.6) is 0 Å². The van der Waals surface area contributed by atoms with Crippen LogP contribution in [0.2, 0.25) is 0 Å². The number of ether oxygens (including phenoxy) is 12. The summed E-state index contributed by atoms with van der Waals surface area (Å²) in [4.78, 5) is 66.6. The zero-order valence-corrected chi connectivity index (χ0v) is 71.6. The van der Waals surface area contributed by atoms with Crippen LogP contribution in [0, 0.1) is 0 Å². The number of carbonyl (C=O) groups excluding carboxylic acids is 3. The van der Waals surface area contributed by atoms with Crippen molar-refractivity contribution in [3.8, 4) is 0 Å². The second-order valence-corrected chi connectivity index (χ2v) is 33.5. The number of rotatable bonds is 58. The van der Waals surface area contributed by atoms with E-state index in [1.165, 1.54) is 102 Å². The maximum Gasteiger partial charge on any atom is 0.364 e. The molecule has 0 radical (unpaired) electrons. The van der Waals surface area contributed by atoms with Crippen LogP contribution in [0.4, 0.5) is 0 Å². The summed E-state index contributed by atoms with van der Waals surface area (Å²) in [5.74, 6) is -13.6. The average molecular weight is 1800 g/mol. The largest absolute Gasteiger partial charge is 0.477 e. The number of hydrogen-bond acceptors (Lipinski definition) is 37. The van der Waals surface area contributed by atoms with Gasteiger partial charge in [0.25, 0.3) is 11.6 Å². The summed E-state index contributed by atoms with van der Waals surface area (Å²) in [6.45, 7) is -1.75. The van der Waals surface area contributed by atoms with E-state index in [0.29, 0.717) is 12.8 Å². The Morgan fingerprint density at radius 1 is 0.419 bits per heavy atom. The molecular formula is C82H145N3O39. The summed E-state index contributed by atoms with van der Waals surface area (Å²) < 4.78 is 71.8. The van der Waals surface area contributed by atoms with Gasteiger partial charge in [-0.1, -0.05) is 180 Å². The molecule has 42 heteroatoms. The lowest BCUT2D eigenvalue weighted by atomic mass is 9.88. The van der Waals surface area contributed by atoms with Gasteiger partial charge in [-0.3, -0.25) is 14.4 Å². The summed E-state index contributed by atoms with van der Waals surface area (Å²) in [5, 5.41) is 254. The van der Waals surface area contributed by atoms with Crippen LogP contribution in [0.1, 0.15) is 220 Å². The molecule has 6 aliphatic rings. The van der Waals surface area contributed by atoms with Gasteiger partial charge in [0, 0.05) is 33.1 Å². The van der Waals surface area contributed by atoms with E-state index in [0.717, 1.165) is 78.1 Å². The van der Waals surface area contributed by atoms with Crippen molar-refractivity contribution in [3.05, 3.63) is 12.2 Å². The van der Waals surface area contributed by atoms with Gasteiger partial charge < -0.3 is 185 Å². The fraction of sp³-hybridized carbons (Fsp3) is 0.915. The molecule has 6 aliphatic heterocycles. The first-order valence-electron chi connectivity index (χ1n) is 44.2. The Labute approximate surface area is 722 Å². The molecule has 124 heavy (non-hydrogen) atoms. The molecule has 0 aliphatic carbocycles. The van der Waals surface area contributed by atoms with Gasteiger partial charge >= 0.3 is 11.9 Å². The molecule has 0 aromatic rings.